The van der Waals surface area contributed by atoms with Gasteiger partial charge in [-0.05, 0) is 67.1 Å². The van der Waals surface area contributed by atoms with Gasteiger partial charge in [-0.25, -0.2) is 0 Å². The lowest BCUT2D eigenvalue weighted by Gasteiger charge is -2.26. The van der Waals surface area contributed by atoms with E-state index in [9.17, 15) is 19.8 Å². The number of phenols is 1. The van der Waals surface area contributed by atoms with Gasteiger partial charge in [-0.3, -0.25) is 14.5 Å². The summed E-state index contributed by atoms with van der Waals surface area (Å²) in [5.41, 5.74) is 1.30. The number of hydrogen-bond acceptors (Lipinski definition) is 8. The van der Waals surface area contributed by atoms with Gasteiger partial charge in [0.2, 0.25) is 6.79 Å². The second-order valence-corrected chi connectivity index (χ2v) is 8.06. The van der Waals surface area contributed by atoms with Gasteiger partial charge in [0, 0.05) is 11.3 Å². The Hall–Kier alpha value is -4.97. The lowest BCUT2D eigenvalue weighted by Crippen LogP contribution is -2.29. The van der Waals surface area contributed by atoms with Crippen LogP contribution in [0, 0.1) is 11.3 Å². The molecule has 1 amide bonds. The third-order valence-corrected chi connectivity index (χ3v) is 5.96. The van der Waals surface area contributed by atoms with Gasteiger partial charge in [0.25, 0.3) is 11.7 Å². The number of carbonyl (C=O) groups is 2. The molecule has 2 heterocycles. The van der Waals surface area contributed by atoms with Crippen molar-refractivity contribution in [3.63, 3.8) is 0 Å². The molecule has 0 bridgehead atoms. The quantitative estimate of drug-likeness (QED) is 0.316. The largest absolute Gasteiger partial charge is 0.507 e. The normalized spacial score (nSPS) is 17.8. The summed E-state index contributed by atoms with van der Waals surface area (Å²) >= 11 is 0. The number of benzene rings is 3. The van der Waals surface area contributed by atoms with Crippen LogP contribution >= 0.6 is 0 Å². The zero-order chi connectivity index (χ0) is 25.4. The van der Waals surface area contributed by atoms with Crippen molar-refractivity contribution in [3.05, 3.63) is 82.9 Å². The van der Waals surface area contributed by atoms with Crippen LogP contribution in [-0.2, 0) is 9.59 Å². The number of aliphatic hydroxyl groups is 1. The van der Waals surface area contributed by atoms with Gasteiger partial charge in [0.1, 0.15) is 5.76 Å². The zero-order valence-corrected chi connectivity index (χ0v) is 19.1. The number of rotatable bonds is 5. The molecule has 3 aromatic carbocycles. The molecular formula is C27H20N2O7. The highest BCUT2D eigenvalue weighted by atomic mass is 16.7. The van der Waals surface area contributed by atoms with Crippen molar-refractivity contribution in [3.8, 4) is 29.1 Å². The van der Waals surface area contributed by atoms with Crippen molar-refractivity contribution in [2.24, 2.45) is 0 Å². The Morgan fingerprint density at radius 1 is 1.08 bits per heavy atom. The molecule has 1 fully saturated rings. The number of anilines is 1. The van der Waals surface area contributed by atoms with Crippen LogP contribution in [0.25, 0.3) is 5.76 Å². The van der Waals surface area contributed by atoms with Crippen molar-refractivity contribution in [1.29, 1.82) is 5.26 Å². The first-order chi connectivity index (χ1) is 17.4. The molecule has 0 aliphatic carbocycles. The molecule has 0 spiro atoms. The minimum Gasteiger partial charge on any atom is -0.507 e. The van der Waals surface area contributed by atoms with E-state index in [0.29, 0.717) is 28.3 Å². The summed E-state index contributed by atoms with van der Waals surface area (Å²) in [6.07, 6.45) is 0. The van der Waals surface area contributed by atoms with Crippen LogP contribution < -0.4 is 19.1 Å². The monoisotopic (exact) mass is 484 g/mol. The number of nitriles is 1. The maximum absolute atomic E-state index is 13.3. The third-order valence-electron chi connectivity index (χ3n) is 5.96. The number of aromatic hydroxyl groups is 1. The van der Waals surface area contributed by atoms with Crippen molar-refractivity contribution >= 4 is 23.1 Å². The van der Waals surface area contributed by atoms with Gasteiger partial charge < -0.3 is 24.4 Å². The van der Waals surface area contributed by atoms with E-state index < -0.39 is 17.7 Å². The molecule has 0 saturated carbocycles. The first kappa shape index (κ1) is 22.8. The highest BCUT2D eigenvalue weighted by Gasteiger charge is 2.47. The van der Waals surface area contributed by atoms with E-state index in [-0.39, 0.29) is 41.8 Å². The Balaban J connectivity index is 1.71. The molecule has 2 N–H and O–H groups in total. The van der Waals surface area contributed by atoms with Gasteiger partial charge in [0.05, 0.1) is 29.9 Å². The van der Waals surface area contributed by atoms with Crippen molar-refractivity contribution < 1.29 is 34.0 Å². The number of nitrogens with zero attached hydrogens (tertiary/aromatic N) is 2. The average molecular weight is 484 g/mol. The lowest BCUT2D eigenvalue weighted by atomic mass is 9.94. The number of Topliss-reactive ketones (excluding diaryl/α,β-unsaturated/α-hetero) is 1. The second kappa shape index (κ2) is 9.00. The molecule has 180 valence electrons. The Bertz CT molecular complexity index is 1450. The maximum Gasteiger partial charge on any atom is 0.300 e. The fraction of sp³-hybridized carbons (Fsp3) is 0.148. The first-order valence-corrected chi connectivity index (χ1v) is 11.1. The van der Waals surface area contributed by atoms with Crippen LogP contribution in [0.4, 0.5) is 5.69 Å². The number of carbonyl (C=O) groups excluding carboxylic acids is 2. The standard InChI is InChI=1S/C27H20N2O7/c1-2-34-21-11-16(5-9-19(21)30)24-23(25(31)17-6-10-20-22(12-17)36-14-35-20)26(32)27(33)29(24)18-7-3-15(13-28)4-8-18/h3-12,24,30-31H,2,14H2,1H3/b25-23+. The number of phenolic OH excluding ortho intramolecular Hbond substituents is 1. The molecule has 0 radical (unpaired) electrons. The van der Waals surface area contributed by atoms with Crippen LogP contribution in [0.2, 0.25) is 0 Å². The molecule has 1 unspecified atom stereocenters. The SMILES string of the molecule is CCOc1cc(C2/C(=C(\O)c3ccc4c(c3)OCO4)C(=O)C(=O)N2c2ccc(C#N)cc2)ccc1O. The van der Waals surface area contributed by atoms with Crippen molar-refractivity contribution in [2.45, 2.75) is 13.0 Å². The molecule has 5 rings (SSSR count). The number of hydrogen-bond donors (Lipinski definition) is 2. The van der Waals surface area contributed by atoms with Crippen LogP contribution in [0.5, 0.6) is 23.0 Å². The Kier molecular flexibility index (Phi) is 5.70. The van der Waals surface area contributed by atoms with Crippen molar-refractivity contribution in [2.75, 3.05) is 18.3 Å². The number of aliphatic hydroxyl groups excluding tert-OH is 1. The van der Waals surface area contributed by atoms with E-state index in [0.717, 1.165) is 0 Å². The summed E-state index contributed by atoms with van der Waals surface area (Å²) < 4.78 is 16.2. The molecule has 2 aliphatic heterocycles. The Labute approximate surface area is 206 Å². The lowest BCUT2D eigenvalue weighted by molar-refractivity contribution is -0.132. The Morgan fingerprint density at radius 2 is 1.83 bits per heavy atom. The van der Waals surface area contributed by atoms with Gasteiger partial charge >= 0.3 is 0 Å². The minimum absolute atomic E-state index is 0.0380. The summed E-state index contributed by atoms with van der Waals surface area (Å²) in [6.45, 7) is 2.08. The van der Waals surface area contributed by atoms with Gasteiger partial charge in [-0.15, -0.1) is 0 Å². The highest BCUT2D eigenvalue weighted by Crippen LogP contribution is 2.45. The smallest absolute Gasteiger partial charge is 0.300 e. The molecule has 3 aromatic rings. The van der Waals surface area contributed by atoms with E-state index >= 15 is 0 Å². The zero-order valence-electron chi connectivity index (χ0n) is 19.1. The average Bonchev–Trinajstić information content (AvgIpc) is 3.47. The van der Waals surface area contributed by atoms with Gasteiger partial charge in [-0.1, -0.05) is 6.07 Å². The maximum atomic E-state index is 13.3. The summed E-state index contributed by atoms with van der Waals surface area (Å²) in [6, 6.07) is 16.4. The number of fused-ring (bicyclic) bond motifs is 1. The molecule has 1 atom stereocenters. The van der Waals surface area contributed by atoms with Crippen molar-refractivity contribution in [1.82, 2.24) is 0 Å². The summed E-state index contributed by atoms with van der Waals surface area (Å²) in [5, 5.41) is 30.7. The second-order valence-electron chi connectivity index (χ2n) is 8.06. The topological polar surface area (TPSA) is 129 Å². The van der Waals surface area contributed by atoms with E-state index in [1.807, 2.05) is 6.07 Å². The van der Waals surface area contributed by atoms with E-state index in [4.69, 9.17) is 19.5 Å². The van der Waals surface area contributed by atoms with E-state index in [1.54, 1.807) is 37.3 Å². The minimum atomic E-state index is -1.04. The van der Waals surface area contributed by atoms with Crippen LogP contribution in [0.1, 0.15) is 29.7 Å². The van der Waals surface area contributed by atoms with Crippen LogP contribution in [-0.4, -0.2) is 35.3 Å². The molecule has 2 aliphatic rings. The molecular weight excluding hydrogens is 464 g/mol. The summed E-state index contributed by atoms with van der Waals surface area (Å²) in [4.78, 5) is 27.9. The number of ketones is 1. The molecule has 9 heteroatoms. The Morgan fingerprint density at radius 3 is 2.56 bits per heavy atom. The van der Waals surface area contributed by atoms with E-state index in [2.05, 4.69) is 0 Å². The fourth-order valence-corrected chi connectivity index (χ4v) is 4.28. The number of ether oxygens (including phenoxy) is 3. The molecule has 36 heavy (non-hydrogen) atoms. The molecule has 0 aromatic heterocycles. The third kappa shape index (κ3) is 3.75. The van der Waals surface area contributed by atoms with E-state index in [1.165, 1.54) is 35.2 Å². The first-order valence-electron chi connectivity index (χ1n) is 11.1. The van der Waals surface area contributed by atoms with Crippen LogP contribution in [0.15, 0.2) is 66.2 Å². The highest BCUT2D eigenvalue weighted by molar-refractivity contribution is 6.51. The van der Waals surface area contributed by atoms with Gasteiger partial charge in [-0.2, -0.15) is 5.26 Å². The number of amides is 1. The fourth-order valence-electron chi connectivity index (χ4n) is 4.28. The summed E-state index contributed by atoms with van der Waals surface area (Å²) in [7, 11) is 0. The molecule has 9 nitrogen and oxygen atoms in total. The predicted molar refractivity (Wildman–Crippen MR) is 128 cm³/mol. The van der Waals surface area contributed by atoms with Gasteiger partial charge in [0.15, 0.2) is 23.0 Å². The summed E-state index contributed by atoms with van der Waals surface area (Å²) in [5.74, 6) is -1.15. The predicted octanol–water partition coefficient (Wildman–Crippen LogP) is 4.02. The molecule has 1 saturated heterocycles. The van der Waals surface area contributed by atoms with Crippen LogP contribution in [0.3, 0.4) is 0 Å².